The molecule has 0 unspecified atom stereocenters. The minimum absolute atomic E-state index is 0.266. The number of nitrogens with zero attached hydrogens (tertiary/aromatic N) is 1. The van der Waals surface area contributed by atoms with E-state index < -0.39 is 11.7 Å². The Balaban J connectivity index is 1.78. The van der Waals surface area contributed by atoms with Gasteiger partial charge < -0.3 is 5.32 Å². The van der Waals surface area contributed by atoms with E-state index in [1.807, 2.05) is 0 Å². The highest BCUT2D eigenvalue weighted by Gasteiger charge is 2.32. The van der Waals surface area contributed by atoms with E-state index in [2.05, 4.69) is 10.2 Å². The van der Waals surface area contributed by atoms with Crippen LogP contribution in [0.1, 0.15) is 36.4 Å². The van der Waals surface area contributed by atoms with E-state index in [0.29, 0.717) is 0 Å². The quantitative estimate of drug-likeness (QED) is 0.916. The molecule has 5 heteroatoms. The molecule has 3 rings (SSSR count). The van der Waals surface area contributed by atoms with Crippen LogP contribution in [-0.4, -0.2) is 31.1 Å². The minimum Gasteiger partial charge on any atom is -0.314 e. The summed E-state index contributed by atoms with van der Waals surface area (Å²) in [5, 5.41) is 3.33. The van der Waals surface area contributed by atoms with E-state index in [0.717, 1.165) is 44.1 Å². The number of hydrogen-bond donors (Lipinski definition) is 1. The van der Waals surface area contributed by atoms with Crippen molar-refractivity contribution in [3.05, 3.63) is 35.4 Å². The molecular formula is C16H21F3N2. The molecular weight excluding hydrogens is 277 g/mol. The highest BCUT2D eigenvalue weighted by Crippen LogP contribution is 2.40. The van der Waals surface area contributed by atoms with Gasteiger partial charge in [0.15, 0.2) is 0 Å². The van der Waals surface area contributed by atoms with Crippen LogP contribution in [0.4, 0.5) is 13.2 Å². The molecule has 1 aliphatic carbocycles. The lowest BCUT2D eigenvalue weighted by molar-refractivity contribution is -0.137. The Morgan fingerprint density at radius 3 is 2.24 bits per heavy atom. The Hall–Kier alpha value is -1.07. The molecule has 1 N–H and O–H groups in total. The van der Waals surface area contributed by atoms with Gasteiger partial charge >= 0.3 is 6.18 Å². The van der Waals surface area contributed by atoms with Crippen LogP contribution < -0.4 is 5.32 Å². The van der Waals surface area contributed by atoms with E-state index in [9.17, 15) is 13.2 Å². The summed E-state index contributed by atoms with van der Waals surface area (Å²) in [6.07, 6.45) is -0.641. The maximum absolute atomic E-state index is 12.7. The van der Waals surface area contributed by atoms with Crippen molar-refractivity contribution in [1.82, 2.24) is 10.2 Å². The normalized spacial score (nSPS) is 22.2. The first-order valence-corrected chi connectivity index (χ1v) is 7.66. The van der Waals surface area contributed by atoms with Crippen LogP contribution in [0.2, 0.25) is 0 Å². The molecule has 1 heterocycles. The van der Waals surface area contributed by atoms with Crippen LogP contribution in [0.25, 0.3) is 0 Å². The maximum atomic E-state index is 12.7. The molecule has 1 saturated carbocycles. The Morgan fingerprint density at radius 2 is 1.71 bits per heavy atom. The van der Waals surface area contributed by atoms with Crippen molar-refractivity contribution in [2.45, 2.75) is 31.5 Å². The summed E-state index contributed by atoms with van der Waals surface area (Å²) >= 11 is 0. The van der Waals surface area contributed by atoms with Gasteiger partial charge in [0.1, 0.15) is 0 Å². The summed E-state index contributed by atoms with van der Waals surface area (Å²) in [6, 6.07) is 6.03. The van der Waals surface area contributed by atoms with Crippen molar-refractivity contribution < 1.29 is 13.2 Å². The molecule has 0 bridgehead atoms. The zero-order valence-corrected chi connectivity index (χ0v) is 12.0. The third kappa shape index (κ3) is 3.77. The Morgan fingerprint density at radius 1 is 1.10 bits per heavy atom. The van der Waals surface area contributed by atoms with Crippen molar-refractivity contribution in [3.63, 3.8) is 0 Å². The van der Waals surface area contributed by atoms with Gasteiger partial charge in [-0.25, -0.2) is 0 Å². The van der Waals surface area contributed by atoms with E-state index >= 15 is 0 Å². The topological polar surface area (TPSA) is 15.3 Å². The third-order valence-corrected chi connectivity index (χ3v) is 4.47. The number of alkyl halides is 3. The van der Waals surface area contributed by atoms with Crippen LogP contribution in [0.5, 0.6) is 0 Å². The average Bonchev–Trinajstić information content (AvgIpc) is 3.29. The zero-order chi connectivity index (χ0) is 14.9. The molecule has 1 aromatic carbocycles. The number of halogens is 3. The van der Waals surface area contributed by atoms with Gasteiger partial charge in [0.25, 0.3) is 0 Å². The van der Waals surface area contributed by atoms with Crippen molar-refractivity contribution in [1.29, 1.82) is 0 Å². The largest absolute Gasteiger partial charge is 0.416 e. The summed E-state index contributed by atoms with van der Waals surface area (Å²) < 4.78 is 38.0. The van der Waals surface area contributed by atoms with Gasteiger partial charge in [-0.1, -0.05) is 25.0 Å². The van der Waals surface area contributed by atoms with Crippen LogP contribution in [0.15, 0.2) is 24.3 Å². The predicted octanol–water partition coefficient (Wildman–Crippen LogP) is 3.45. The monoisotopic (exact) mass is 298 g/mol. The van der Waals surface area contributed by atoms with Gasteiger partial charge in [-0.2, -0.15) is 13.2 Å². The summed E-state index contributed by atoms with van der Waals surface area (Å²) in [7, 11) is 0. The highest BCUT2D eigenvalue weighted by atomic mass is 19.4. The molecule has 0 spiro atoms. The van der Waals surface area contributed by atoms with Gasteiger partial charge in [0, 0.05) is 32.2 Å². The van der Waals surface area contributed by atoms with Gasteiger partial charge in [0.05, 0.1) is 5.56 Å². The molecule has 0 amide bonds. The lowest BCUT2D eigenvalue weighted by Crippen LogP contribution is -2.45. The second kappa shape index (κ2) is 5.97. The van der Waals surface area contributed by atoms with Gasteiger partial charge in [-0.05, 0) is 30.0 Å². The first-order valence-electron chi connectivity index (χ1n) is 7.66. The molecule has 2 fully saturated rings. The van der Waals surface area contributed by atoms with Crippen molar-refractivity contribution >= 4 is 0 Å². The van der Waals surface area contributed by atoms with Crippen LogP contribution >= 0.6 is 0 Å². The smallest absolute Gasteiger partial charge is 0.314 e. The second-order valence-electron chi connectivity index (χ2n) is 6.10. The fraction of sp³-hybridized carbons (Fsp3) is 0.625. The average molecular weight is 298 g/mol. The van der Waals surface area contributed by atoms with Crippen molar-refractivity contribution in [3.8, 4) is 0 Å². The molecule has 116 valence electrons. The molecule has 2 nitrogen and oxygen atoms in total. The molecule has 0 aromatic heterocycles. The number of nitrogens with one attached hydrogen (secondary N) is 1. The van der Waals surface area contributed by atoms with Crippen LogP contribution in [0, 0.1) is 5.92 Å². The number of rotatable bonds is 4. The lowest BCUT2D eigenvalue weighted by atomic mass is 9.97. The van der Waals surface area contributed by atoms with Crippen molar-refractivity contribution in [2.24, 2.45) is 5.92 Å². The fourth-order valence-electron chi connectivity index (χ4n) is 3.05. The summed E-state index contributed by atoms with van der Waals surface area (Å²) in [6.45, 7) is 3.86. The van der Waals surface area contributed by atoms with Gasteiger partial charge in [0.2, 0.25) is 0 Å². The lowest BCUT2D eigenvalue weighted by Gasteiger charge is -2.35. The first-order chi connectivity index (χ1) is 10.0. The molecule has 1 atom stereocenters. The molecule has 1 aromatic rings. The first kappa shape index (κ1) is 14.9. The molecule has 0 radical (unpaired) electrons. The van der Waals surface area contributed by atoms with E-state index in [4.69, 9.17) is 0 Å². The fourth-order valence-corrected chi connectivity index (χ4v) is 3.05. The molecule has 2 aliphatic rings. The van der Waals surface area contributed by atoms with Crippen LogP contribution in [-0.2, 0) is 6.18 Å². The Labute approximate surface area is 123 Å². The Kier molecular flexibility index (Phi) is 4.22. The molecule has 1 aliphatic heterocycles. The molecule has 1 saturated heterocycles. The minimum atomic E-state index is -4.25. The van der Waals surface area contributed by atoms with E-state index in [1.165, 1.54) is 25.0 Å². The SMILES string of the molecule is FC(F)(F)c1ccc([C@H](CC2CC2)N2CCNCC2)cc1. The predicted molar refractivity (Wildman–Crippen MR) is 76.0 cm³/mol. The highest BCUT2D eigenvalue weighted by molar-refractivity contribution is 5.27. The summed E-state index contributed by atoms with van der Waals surface area (Å²) in [5.74, 6) is 0.757. The number of hydrogen-bond acceptors (Lipinski definition) is 2. The van der Waals surface area contributed by atoms with E-state index in [-0.39, 0.29) is 6.04 Å². The van der Waals surface area contributed by atoms with Gasteiger partial charge in [-0.15, -0.1) is 0 Å². The van der Waals surface area contributed by atoms with Crippen LogP contribution in [0.3, 0.4) is 0 Å². The summed E-state index contributed by atoms with van der Waals surface area (Å²) in [5.41, 5.74) is 0.466. The second-order valence-corrected chi connectivity index (χ2v) is 6.10. The van der Waals surface area contributed by atoms with Gasteiger partial charge in [-0.3, -0.25) is 4.90 Å². The number of piperazine rings is 1. The Bertz CT molecular complexity index is 459. The van der Waals surface area contributed by atoms with E-state index in [1.54, 1.807) is 12.1 Å². The maximum Gasteiger partial charge on any atom is 0.416 e. The zero-order valence-electron chi connectivity index (χ0n) is 12.0. The summed E-state index contributed by atoms with van der Waals surface area (Å²) in [4.78, 5) is 2.41. The number of benzene rings is 1. The molecule has 21 heavy (non-hydrogen) atoms. The van der Waals surface area contributed by atoms with Crippen molar-refractivity contribution in [2.75, 3.05) is 26.2 Å². The third-order valence-electron chi connectivity index (χ3n) is 4.47. The standard InChI is InChI=1S/C16H21F3N2/c17-16(18,19)14-5-3-13(4-6-14)15(11-12-1-2-12)21-9-7-20-8-10-21/h3-6,12,15,20H,1-2,7-11H2/t15-/m0/s1.